The summed E-state index contributed by atoms with van der Waals surface area (Å²) in [7, 11) is 0. The van der Waals surface area contributed by atoms with Crippen molar-refractivity contribution in [1.29, 1.82) is 0 Å². The molecule has 7 nitrogen and oxygen atoms in total. The smallest absolute Gasteiger partial charge is 0.278 e. The molecule has 1 N–H and O–H groups in total. The van der Waals surface area contributed by atoms with Crippen LogP contribution >= 0.6 is 23.4 Å². The number of halogens is 3. The monoisotopic (exact) mass is 486 g/mol. The number of nitrogens with one attached hydrogen (secondary N) is 1. The third-order valence-electron chi connectivity index (χ3n) is 4.53. The number of aryl methyl sites for hydroxylation is 2. The lowest BCUT2D eigenvalue weighted by Gasteiger charge is -2.09. The lowest BCUT2D eigenvalue weighted by atomic mass is 10.2. The van der Waals surface area contributed by atoms with Gasteiger partial charge in [0.1, 0.15) is 11.6 Å². The summed E-state index contributed by atoms with van der Waals surface area (Å²) >= 11 is 7.12. The highest BCUT2D eigenvalue weighted by molar-refractivity contribution is 7.98. The number of rotatable bonds is 6. The van der Waals surface area contributed by atoms with Gasteiger partial charge in [0, 0.05) is 22.8 Å². The van der Waals surface area contributed by atoms with Crippen molar-refractivity contribution in [1.82, 2.24) is 25.0 Å². The van der Waals surface area contributed by atoms with Crippen LogP contribution in [0.2, 0.25) is 5.02 Å². The molecule has 0 spiro atoms. The topological polar surface area (TPSA) is 85.6 Å². The van der Waals surface area contributed by atoms with E-state index < -0.39 is 17.5 Å². The highest BCUT2D eigenvalue weighted by Gasteiger charge is 2.22. The molecule has 2 heterocycles. The number of anilines is 1. The van der Waals surface area contributed by atoms with Crippen LogP contribution in [0.15, 0.2) is 53.7 Å². The molecule has 0 radical (unpaired) electrons. The van der Waals surface area contributed by atoms with Crippen molar-refractivity contribution in [3.63, 3.8) is 0 Å². The number of thioether (sulfide) groups is 1. The van der Waals surface area contributed by atoms with Crippen LogP contribution in [0.5, 0.6) is 0 Å². The minimum Gasteiger partial charge on any atom is -0.320 e. The summed E-state index contributed by atoms with van der Waals surface area (Å²) in [6.07, 6.45) is 0. The van der Waals surface area contributed by atoms with Gasteiger partial charge >= 0.3 is 0 Å². The second-order valence-electron chi connectivity index (χ2n) is 7.08. The first-order chi connectivity index (χ1) is 15.8. The van der Waals surface area contributed by atoms with Crippen molar-refractivity contribution in [3.8, 4) is 5.69 Å². The number of nitrogens with zero attached hydrogens (tertiary/aromatic N) is 5. The normalized spacial score (nSPS) is 10.9. The van der Waals surface area contributed by atoms with Gasteiger partial charge in [-0.15, -0.1) is 5.10 Å². The summed E-state index contributed by atoms with van der Waals surface area (Å²) in [4.78, 5) is 21.8. The zero-order chi connectivity index (χ0) is 23.5. The average Bonchev–Trinajstić information content (AvgIpc) is 3.19. The van der Waals surface area contributed by atoms with Gasteiger partial charge < -0.3 is 5.32 Å². The highest BCUT2D eigenvalue weighted by atomic mass is 35.5. The van der Waals surface area contributed by atoms with Gasteiger partial charge in [-0.25, -0.2) is 23.4 Å². The highest BCUT2D eigenvalue weighted by Crippen LogP contribution is 2.25. The Morgan fingerprint density at radius 1 is 1.06 bits per heavy atom. The Morgan fingerprint density at radius 3 is 2.42 bits per heavy atom. The zero-order valence-corrected chi connectivity index (χ0v) is 19.1. The van der Waals surface area contributed by atoms with Crippen LogP contribution in [0, 0.1) is 25.5 Å². The third kappa shape index (κ3) is 5.35. The van der Waals surface area contributed by atoms with E-state index in [0.717, 1.165) is 17.5 Å². The van der Waals surface area contributed by atoms with E-state index in [-0.39, 0.29) is 16.5 Å². The third-order valence-corrected chi connectivity index (χ3v) is 5.67. The Kier molecular flexibility index (Phi) is 6.66. The van der Waals surface area contributed by atoms with Crippen LogP contribution < -0.4 is 5.32 Å². The summed E-state index contributed by atoms with van der Waals surface area (Å²) in [5.74, 6) is -1.28. The van der Waals surface area contributed by atoms with Crippen LogP contribution in [0.3, 0.4) is 0 Å². The Labute approximate surface area is 197 Å². The van der Waals surface area contributed by atoms with E-state index in [4.69, 9.17) is 11.6 Å². The number of hydrogen-bond donors (Lipinski definition) is 1. The maximum Gasteiger partial charge on any atom is 0.278 e. The SMILES string of the molecule is Cc1cc(C)nc(SCc2c(C(=O)Nc3ccc(F)c(Cl)c3)nnn2-c2ccc(F)cc2)n1. The molecule has 4 aromatic rings. The van der Waals surface area contributed by atoms with Gasteiger partial charge in [-0.05, 0) is 62.4 Å². The van der Waals surface area contributed by atoms with E-state index in [2.05, 4.69) is 25.6 Å². The molecule has 1 amide bonds. The number of amides is 1. The minimum absolute atomic E-state index is 0.0525. The molecule has 0 aliphatic rings. The Morgan fingerprint density at radius 2 is 1.76 bits per heavy atom. The molecule has 168 valence electrons. The predicted octanol–water partition coefficient (Wildman–Crippen LogP) is 5.15. The maximum absolute atomic E-state index is 13.4. The fourth-order valence-electron chi connectivity index (χ4n) is 3.05. The van der Waals surface area contributed by atoms with Gasteiger partial charge in [-0.2, -0.15) is 0 Å². The van der Waals surface area contributed by atoms with Crippen molar-refractivity contribution in [2.24, 2.45) is 0 Å². The van der Waals surface area contributed by atoms with Crippen molar-refractivity contribution in [3.05, 3.63) is 88.0 Å². The van der Waals surface area contributed by atoms with Gasteiger partial charge in [-0.1, -0.05) is 28.6 Å². The van der Waals surface area contributed by atoms with Crippen LogP contribution in [-0.4, -0.2) is 30.9 Å². The Balaban J connectivity index is 1.67. The molecule has 0 saturated carbocycles. The molecule has 0 unspecified atom stereocenters. The molecule has 4 rings (SSSR count). The van der Waals surface area contributed by atoms with Crippen LogP contribution in [0.25, 0.3) is 5.69 Å². The van der Waals surface area contributed by atoms with E-state index in [1.165, 1.54) is 52.8 Å². The quantitative estimate of drug-likeness (QED) is 0.299. The number of aromatic nitrogens is 5. The maximum atomic E-state index is 13.4. The Bertz CT molecular complexity index is 1310. The largest absolute Gasteiger partial charge is 0.320 e. The van der Waals surface area contributed by atoms with E-state index in [9.17, 15) is 13.6 Å². The van der Waals surface area contributed by atoms with Crippen LogP contribution in [0.4, 0.5) is 14.5 Å². The summed E-state index contributed by atoms with van der Waals surface area (Å²) in [6.45, 7) is 3.74. The molecule has 2 aromatic heterocycles. The molecule has 11 heteroatoms. The van der Waals surface area contributed by atoms with E-state index in [1.54, 1.807) is 0 Å². The van der Waals surface area contributed by atoms with Crippen molar-refractivity contribution >= 4 is 35.0 Å². The molecule has 0 aliphatic heterocycles. The molecular formula is C22H17ClF2N6OS. The number of carbonyl (C=O) groups is 1. The van der Waals surface area contributed by atoms with Gasteiger partial charge in [0.2, 0.25) is 0 Å². The molecule has 0 bridgehead atoms. The van der Waals surface area contributed by atoms with E-state index in [1.807, 2.05) is 19.9 Å². The predicted molar refractivity (Wildman–Crippen MR) is 122 cm³/mol. The van der Waals surface area contributed by atoms with Crippen LogP contribution in [-0.2, 0) is 5.75 Å². The number of carbonyl (C=O) groups excluding carboxylic acids is 1. The lowest BCUT2D eigenvalue weighted by molar-refractivity contribution is 0.102. The first kappa shape index (κ1) is 22.8. The van der Waals surface area contributed by atoms with E-state index >= 15 is 0 Å². The first-order valence-corrected chi connectivity index (χ1v) is 11.1. The van der Waals surface area contributed by atoms with Crippen molar-refractivity contribution in [2.45, 2.75) is 24.8 Å². The fraction of sp³-hybridized carbons (Fsp3) is 0.136. The second-order valence-corrected chi connectivity index (χ2v) is 8.43. The molecule has 0 saturated heterocycles. The lowest BCUT2D eigenvalue weighted by Crippen LogP contribution is -2.15. The number of hydrogen-bond acceptors (Lipinski definition) is 6. The van der Waals surface area contributed by atoms with Gasteiger partial charge in [0.05, 0.1) is 16.4 Å². The van der Waals surface area contributed by atoms with Gasteiger partial charge in [0.25, 0.3) is 5.91 Å². The standard InChI is InChI=1S/C22H17ClF2N6OS/c1-12-9-13(2)27-22(26-12)33-11-19-20(21(32)28-15-5-8-18(25)17(23)10-15)29-30-31(19)16-6-3-14(24)4-7-16/h3-10H,11H2,1-2H3,(H,28,32). The molecule has 33 heavy (non-hydrogen) atoms. The van der Waals surface area contributed by atoms with Gasteiger partial charge in [0.15, 0.2) is 10.9 Å². The minimum atomic E-state index is -0.595. The zero-order valence-electron chi connectivity index (χ0n) is 17.5. The fourth-order valence-corrected chi connectivity index (χ4v) is 4.17. The summed E-state index contributed by atoms with van der Waals surface area (Å²) in [5, 5.41) is 11.2. The Hall–Kier alpha value is -3.37. The molecule has 2 aromatic carbocycles. The molecule has 0 atom stereocenters. The second kappa shape index (κ2) is 9.63. The molecular weight excluding hydrogens is 470 g/mol. The summed E-state index contributed by atoms with van der Waals surface area (Å²) < 4.78 is 28.3. The van der Waals surface area contributed by atoms with Crippen molar-refractivity contribution < 1.29 is 13.6 Å². The first-order valence-electron chi connectivity index (χ1n) is 9.72. The van der Waals surface area contributed by atoms with Crippen LogP contribution in [0.1, 0.15) is 27.6 Å². The number of benzene rings is 2. The molecule has 0 aliphatic carbocycles. The van der Waals surface area contributed by atoms with Crippen molar-refractivity contribution in [2.75, 3.05) is 5.32 Å². The molecule has 0 fully saturated rings. The van der Waals surface area contributed by atoms with Gasteiger partial charge in [-0.3, -0.25) is 4.79 Å². The summed E-state index contributed by atoms with van der Waals surface area (Å²) in [5.41, 5.74) is 2.99. The average molecular weight is 487 g/mol. The summed E-state index contributed by atoms with van der Waals surface area (Å²) in [6, 6.07) is 11.4. The van der Waals surface area contributed by atoms with E-state index in [0.29, 0.717) is 22.2 Å².